The summed E-state index contributed by atoms with van der Waals surface area (Å²) in [6.45, 7) is 6.42. The Balaban J connectivity index is 2.73. The molecule has 0 aliphatic carbocycles. The maximum absolute atomic E-state index is 9.32. The molecule has 0 heterocycles. The maximum Gasteiger partial charge on any atom is 0.115 e. The van der Waals surface area contributed by atoms with E-state index in [9.17, 15) is 5.11 Å². The molecule has 0 saturated carbocycles. The smallest absolute Gasteiger partial charge is 0.115 e. The van der Waals surface area contributed by atoms with Crippen LogP contribution in [0.3, 0.4) is 0 Å². The number of phenols is 1. The van der Waals surface area contributed by atoms with Crippen LogP contribution in [-0.2, 0) is 0 Å². The summed E-state index contributed by atoms with van der Waals surface area (Å²) in [5.41, 5.74) is 2.50. The quantitative estimate of drug-likeness (QED) is 0.730. The molecule has 1 nitrogen and oxygen atoms in total. The lowest BCUT2D eigenvalue weighted by Gasteiger charge is -2.12. The molecule has 0 fully saturated rings. The van der Waals surface area contributed by atoms with E-state index in [1.807, 2.05) is 12.1 Å². The van der Waals surface area contributed by atoms with Gasteiger partial charge in [0, 0.05) is 0 Å². The third-order valence-corrected chi connectivity index (χ3v) is 2.68. The zero-order valence-corrected chi connectivity index (χ0v) is 9.83. The van der Waals surface area contributed by atoms with Crippen LogP contribution in [0, 0.1) is 6.92 Å². The molecule has 0 bridgehead atoms. The van der Waals surface area contributed by atoms with Gasteiger partial charge >= 0.3 is 0 Å². The van der Waals surface area contributed by atoms with E-state index in [0.717, 1.165) is 12.8 Å². The molecular weight excluding hydrogens is 184 g/mol. The lowest BCUT2D eigenvalue weighted by atomic mass is 9.93. The number of aromatic hydroxyl groups is 1. The van der Waals surface area contributed by atoms with E-state index in [0.29, 0.717) is 11.7 Å². The summed E-state index contributed by atoms with van der Waals surface area (Å²) in [6, 6.07) is 5.62. The predicted molar refractivity (Wildman–Crippen MR) is 65.3 cm³/mol. The summed E-state index contributed by atoms with van der Waals surface area (Å²) in [5.74, 6) is 0.876. The van der Waals surface area contributed by atoms with Gasteiger partial charge in [-0.25, -0.2) is 0 Å². The first-order chi connectivity index (χ1) is 7.15. The Hall–Kier alpha value is -1.24. The van der Waals surface area contributed by atoms with Crippen LogP contribution in [0.1, 0.15) is 43.7 Å². The van der Waals surface area contributed by atoms with Crippen molar-refractivity contribution in [1.82, 2.24) is 0 Å². The number of hydrogen-bond acceptors (Lipinski definition) is 1. The molecule has 1 N–H and O–H groups in total. The summed E-state index contributed by atoms with van der Waals surface area (Å²) in [5, 5.41) is 9.32. The highest BCUT2D eigenvalue weighted by Crippen LogP contribution is 2.25. The fourth-order valence-corrected chi connectivity index (χ4v) is 1.81. The number of aryl methyl sites for hydroxylation is 1. The first kappa shape index (κ1) is 11.8. The fraction of sp³-hybridized carbons (Fsp3) is 0.429. The van der Waals surface area contributed by atoms with Gasteiger partial charge in [-0.1, -0.05) is 32.1 Å². The van der Waals surface area contributed by atoms with Crippen LogP contribution in [0.4, 0.5) is 0 Å². The van der Waals surface area contributed by atoms with E-state index in [-0.39, 0.29) is 0 Å². The van der Waals surface area contributed by atoms with E-state index in [2.05, 4.69) is 32.9 Å². The van der Waals surface area contributed by atoms with Crippen LogP contribution in [0.2, 0.25) is 0 Å². The van der Waals surface area contributed by atoms with Crippen molar-refractivity contribution < 1.29 is 5.11 Å². The molecule has 0 saturated heterocycles. The minimum absolute atomic E-state index is 0.354. The van der Waals surface area contributed by atoms with Crippen molar-refractivity contribution in [2.45, 2.75) is 39.5 Å². The van der Waals surface area contributed by atoms with Crippen LogP contribution in [-0.4, -0.2) is 5.11 Å². The van der Waals surface area contributed by atoms with Crippen molar-refractivity contribution in [3.63, 3.8) is 0 Å². The Labute approximate surface area is 92.5 Å². The molecule has 0 amide bonds. The molecule has 1 aromatic rings. The highest BCUT2D eigenvalue weighted by Gasteiger charge is 2.06. The lowest BCUT2D eigenvalue weighted by Crippen LogP contribution is -1.94. The SMILES string of the molecule is CC/C=C\CC(C)c1ccc(O)cc1C. The second kappa shape index (κ2) is 5.59. The van der Waals surface area contributed by atoms with Gasteiger partial charge in [0.05, 0.1) is 0 Å². The number of rotatable bonds is 4. The van der Waals surface area contributed by atoms with Gasteiger partial charge in [-0.15, -0.1) is 0 Å². The topological polar surface area (TPSA) is 20.2 Å². The summed E-state index contributed by atoms with van der Waals surface area (Å²) >= 11 is 0. The van der Waals surface area contributed by atoms with Gasteiger partial charge in [0.15, 0.2) is 0 Å². The first-order valence-electron chi connectivity index (χ1n) is 5.59. The van der Waals surface area contributed by atoms with Crippen molar-refractivity contribution in [3.8, 4) is 5.75 Å². The fourth-order valence-electron chi connectivity index (χ4n) is 1.81. The van der Waals surface area contributed by atoms with Crippen molar-refractivity contribution in [3.05, 3.63) is 41.5 Å². The minimum Gasteiger partial charge on any atom is -0.508 e. The Morgan fingerprint density at radius 2 is 2.07 bits per heavy atom. The van der Waals surface area contributed by atoms with E-state index < -0.39 is 0 Å². The molecule has 0 aliphatic rings. The Bertz CT molecular complexity index is 339. The molecule has 0 radical (unpaired) electrons. The second-order valence-electron chi connectivity index (χ2n) is 4.06. The van der Waals surface area contributed by atoms with Gasteiger partial charge in [0.1, 0.15) is 5.75 Å². The monoisotopic (exact) mass is 204 g/mol. The molecule has 1 heteroatoms. The van der Waals surface area contributed by atoms with Crippen LogP contribution in [0.5, 0.6) is 5.75 Å². The average Bonchev–Trinajstić information content (AvgIpc) is 2.17. The largest absolute Gasteiger partial charge is 0.508 e. The molecule has 0 aliphatic heterocycles. The third kappa shape index (κ3) is 3.43. The second-order valence-corrected chi connectivity index (χ2v) is 4.06. The summed E-state index contributed by atoms with van der Waals surface area (Å²) in [6.07, 6.45) is 6.60. The number of benzene rings is 1. The predicted octanol–water partition coefficient (Wildman–Crippen LogP) is 4.16. The van der Waals surface area contributed by atoms with Crippen LogP contribution >= 0.6 is 0 Å². The normalized spacial score (nSPS) is 13.3. The molecule has 1 rings (SSSR count). The highest BCUT2D eigenvalue weighted by molar-refractivity contribution is 5.36. The maximum atomic E-state index is 9.32. The Morgan fingerprint density at radius 1 is 1.33 bits per heavy atom. The molecule has 1 aromatic carbocycles. The molecular formula is C14H20O. The van der Waals surface area contributed by atoms with Gasteiger partial charge in [-0.2, -0.15) is 0 Å². The van der Waals surface area contributed by atoms with E-state index in [4.69, 9.17) is 0 Å². The van der Waals surface area contributed by atoms with Gasteiger partial charge in [-0.05, 0) is 48.9 Å². The number of phenolic OH excluding ortho intramolecular Hbond substituents is 1. The van der Waals surface area contributed by atoms with Crippen LogP contribution in [0.15, 0.2) is 30.4 Å². The lowest BCUT2D eigenvalue weighted by molar-refractivity contribution is 0.474. The number of allylic oxidation sites excluding steroid dienone is 2. The molecule has 1 unspecified atom stereocenters. The van der Waals surface area contributed by atoms with Crippen LogP contribution in [0.25, 0.3) is 0 Å². The molecule has 1 atom stereocenters. The van der Waals surface area contributed by atoms with Crippen molar-refractivity contribution in [1.29, 1.82) is 0 Å². The van der Waals surface area contributed by atoms with Crippen molar-refractivity contribution >= 4 is 0 Å². The minimum atomic E-state index is 0.354. The third-order valence-electron chi connectivity index (χ3n) is 2.68. The summed E-state index contributed by atoms with van der Waals surface area (Å²) in [4.78, 5) is 0. The van der Waals surface area contributed by atoms with Crippen molar-refractivity contribution in [2.24, 2.45) is 0 Å². The van der Waals surface area contributed by atoms with Gasteiger partial charge in [0.25, 0.3) is 0 Å². The van der Waals surface area contributed by atoms with Gasteiger partial charge in [-0.3, -0.25) is 0 Å². The van der Waals surface area contributed by atoms with Crippen LogP contribution < -0.4 is 0 Å². The average molecular weight is 204 g/mol. The molecule has 0 aromatic heterocycles. The van der Waals surface area contributed by atoms with E-state index in [1.54, 1.807) is 6.07 Å². The van der Waals surface area contributed by atoms with E-state index >= 15 is 0 Å². The van der Waals surface area contributed by atoms with Gasteiger partial charge in [0.2, 0.25) is 0 Å². The summed E-state index contributed by atoms with van der Waals surface area (Å²) < 4.78 is 0. The first-order valence-corrected chi connectivity index (χ1v) is 5.59. The zero-order valence-electron chi connectivity index (χ0n) is 9.83. The molecule has 0 spiro atoms. The number of hydrogen-bond donors (Lipinski definition) is 1. The standard InChI is InChI=1S/C14H20O/c1-4-5-6-7-11(2)14-9-8-13(15)10-12(14)3/h5-6,8-11,15H,4,7H2,1-3H3/b6-5-. The Kier molecular flexibility index (Phi) is 4.41. The Morgan fingerprint density at radius 3 is 2.67 bits per heavy atom. The molecule has 82 valence electrons. The zero-order chi connectivity index (χ0) is 11.3. The molecule has 15 heavy (non-hydrogen) atoms. The van der Waals surface area contributed by atoms with Crippen molar-refractivity contribution in [2.75, 3.05) is 0 Å². The van der Waals surface area contributed by atoms with E-state index in [1.165, 1.54) is 11.1 Å². The van der Waals surface area contributed by atoms with Gasteiger partial charge < -0.3 is 5.11 Å². The highest BCUT2D eigenvalue weighted by atomic mass is 16.3. The summed E-state index contributed by atoms with van der Waals surface area (Å²) in [7, 11) is 0.